The first-order chi connectivity index (χ1) is 14.9. The van der Waals surface area contributed by atoms with Crippen LogP contribution in [0.1, 0.15) is 48.1 Å². The SMILES string of the molecule is CCNS(=O)(=O)c1ccc(C(=O)NCC(c2ccc(OC)cc2)N2CCCCC2)cc1. The van der Waals surface area contributed by atoms with Crippen LogP contribution < -0.4 is 14.8 Å². The van der Waals surface area contributed by atoms with Gasteiger partial charge in [0.05, 0.1) is 18.0 Å². The Balaban J connectivity index is 1.70. The smallest absolute Gasteiger partial charge is 0.251 e. The predicted molar refractivity (Wildman–Crippen MR) is 121 cm³/mol. The molecule has 31 heavy (non-hydrogen) atoms. The van der Waals surface area contributed by atoms with E-state index in [0.29, 0.717) is 18.7 Å². The molecule has 8 heteroatoms. The van der Waals surface area contributed by atoms with Crippen molar-refractivity contribution in [2.45, 2.75) is 37.1 Å². The Morgan fingerprint density at radius 3 is 2.26 bits per heavy atom. The summed E-state index contributed by atoms with van der Waals surface area (Å²) in [7, 11) is -1.89. The maximum atomic E-state index is 12.7. The quantitative estimate of drug-likeness (QED) is 0.620. The van der Waals surface area contributed by atoms with Crippen LogP contribution in [0, 0.1) is 0 Å². The van der Waals surface area contributed by atoms with E-state index in [1.807, 2.05) is 24.3 Å². The lowest BCUT2D eigenvalue weighted by molar-refractivity contribution is 0.0924. The van der Waals surface area contributed by atoms with Gasteiger partial charge >= 0.3 is 0 Å². The largest absolute Gasteiger partial charge is 0.497 e. The fourth-order valence-corrected chi connectivity index (χ4v) is 4.91. The van der Waals surface area contributed by atoms with Crippen molar-refractivity contribution in [3.05, 3.63) is 59.7 Å². The molecule has 0 saturated carbocycles. The summed E-state index contributed by atoms with van der Waals surface area (Å²) in [5.41, 5.74) is 1.57. The van der Waals surface area contributed by atoms with Crippen molar-refractivity contribution in [3.63, 3.8) is 0 Å². The average molecular weight is 446 g/mol. The van der Waals surface area contributed by atoms with Crippen molar-refractivity contribution < 1.29 is 17.9 Å². The highest BCUT2D eigenvalue weighted by Crippen LogP contribution is 2.26. The number of benzene rings is 2. The summed E-state index contributed by atoms with van der Waals surface area (Å²) in [6.45, 7) is 4.52. The lowest BCUT2D eigenvalue weighted by atomic mass is 10.0. The Morgan fingerprint density at radius 1 is 1.03 bits per heavy atom. The van der Waals surface area contributed by atoms with Crippen LogP contribution in [0.3, 0.4) is 0 Å². The molecule has 1 fully saturated rings. The number of carbonyl (C=O) groups is 1. The van der Waals surface area contributed by atoms with Crippen molar-refractivity contribution in [2.75, 3.05) is 33.3 Å². The minimum absolute atomic E-state index is 0.0727. The van der Waals surface area contributed by atoms with Crippen LogP contribution in [0.4, 0.5) is 0 Å². The topological polar surface area (TPSA) is 87.7 Å². The zero-order chi connectivity index (χ0) is 22.3. The minimum Gasteiger partial charge on any atom is -0.497 e. The summed E-state index contributed by atoms with van der Waals surface area (Å²) >= 11 is 0. The first-order valence-corrected chi connectivity index (χ1v) is 12.2. The molecule has 1 heterocycles. The molecule has 1 atom stereocenters. The van der Waals surface area contributed by atoms with E-state index in [1.54, 1.807) is 26.2 Å². The molecule has 3 rings (SSSR count). The number of rotatable bonds is 9. The number of piperidine rings is 1. The zero-order valence-corrected chi connectivity index (χ0v) is 19.0. The number of hydrogen-bond donors (Lipinski definition) is 2. The summed E-state index contributed by atoms with van der Waals surface area (Å²) in [5.74, 6) is 0.584. The van der Waals surface area contributed by atoms with E-state index >= 15 is 0 Å². The van der Waals surface area contributed by atoms with Gasteiger partial charge < -0.3 is 10.1 Å². The van der Waals surface area contributed by atoms with Crippen LogP contribution in [0.25, 0.3) is 0 Å². The molecule has 1 amide bonds. The Morgan fingerprint density at radius 2 is 1.68 bits per heavy atom. The molecule has 1 aliphatic rings. The van der Waals surface area contributed by atoms with E-state index in [-0.39, 0.29) is 16.8 Å². The second-order valence-electron chi connectivity index (χ2n) is 7.62. The third-order valence-electron chi connectivity index (χ3n) is 5.55. The lowest BCUT2D eigenvalue weighted by Gasteiger charge is -2.35. The molecule has 0 spiro atoms. The predicted octanol–water partition coefficient (Wildman–Crippen LogP) is 2.95. The van der Waals surface area contributed by atoms with Gasteiger partial charge in [-0.1, -0.05) is 25.5 Å². The fourth-order valence-electron chi connectivity index (χ4n) is 3.86. The maximum Gasteiger partial charge on any atom is 0.251 e. The van der Waals surface area contributed by atoms with Crippen LogP contribution in [0.15, 0.2) is 53.4 Å². The van der Waals surface area contributed by atoms with E-state index in [0.717, 1.165) is 37.2 Å². The van der Waals surface area contributed by atoms with E-state index in [2.05, 4.69) is 14.9 Å². The summed E-state index contributed by atoms with van der Waals surface area (Å²) < 4.78 is 31.9. The molecule has 2 aromatic carbocycles. The molecule has 168 valence electrons. The first-order valence-electron chi connectivity index (χ1n) is 10.7. The monoisotopic (exact) mass is 445 g/mol. The summed E-state index contributed by atoms with van der Waals surface area (Å²) in [6, 6.07) is 14.1. The van der Waals surface area contributed by atoms with Crippen LogP contribution >= 0.6 is 0 Å². The molecule has 2 aromatic rings. The Labute approximate surface area is 184 Å². The van der Waals surface area contributed by atoms with Gasteiger partial charge in [0.1, 0.15) is 5.75 Å². The van der Waals surface area contributed by atoms with E-state index < -0.39 is 10.0 Å². The number of methoxy groups -OCH3 is 1. The van der Waals surface area contributed by atoms with Gasteiger partial charge in [0, 0.05) is 18.7 Å². The van der Waals surface area contributed by atoms with Crippen molar-refractivity contribution >= 4 is 15.9 Å². The summed E-state index contributed by atoms with van der Waals surface area (Å²) in [6.07, 6.45) is 3.55. The minimum atomic E-state index is -3.53. The van der Waals surface area contributed by atoms with Crippen LogP contribution in [0.5, 0.6) is 5.75 Å². The van der Waals surface area contributed by atoms with Gasteiger partial charge in [-0.25, -0.2) is 13.1 Å². The Bertz CT molecular complexity index is 953. The molecule has 1 aliphatic heterocycles. The van der Waals surface area contributed by atoms with E-state index in [9.17, 15) is 13.2 Å². The normalized spacial score (nSPS) is 15.9. The number of amides is 1. The fraction of sp³-hybridized carbons (Fsp3) is 0.435. The van der Waals surface area contributed by atoms with Gasteiger partial charge in [-0.3, -0.25) is 9.69 Å². The third-order valence-corrected chi connectivity index (χ3v) is 7.11. The number of likely N-dealkylation sites (tertiary alicyclic amines) is 1. The maximum absolute atomic E-state index is 12.7. The number of nitrogens with one attached hydrogen (secondary N) is 2. The summed E-state index contributed by atoms with van der Waals surface area (Å²) in [4.78, 5) is 15.3. The van der Waals surface area contributed by atoms with E-state index in [4.69, 9.17) is 4.74 Å². The highest BCUT2D eigenvalue weighted by atomic mass is 32.2. The lowest BCUT2D eigenvalue weighted by Crippen LogP contribution is -2.40. The average Bonchev–Trinajstić information content (AvgIpc) is 2.80. The molecule has 2 N–H and O–H groups in total. The molecular formula is C23H31N3O4S. The van der Waals surface area contributed by atoms with Crippen LogP contribution in [-0.4, -0.2) is 52.5 Å². The van der Waals surface area contributed by atoms with Gasteiger partial charge in [0.15, 0.2) is 0 Å². The second kappa shape index (κ2) is 10.7. The first kappa shape index (κ1) is 23.2. The number of hydrogen-bond acceptors (Lipinski definition) is 5. The van der Waals surface area contributed by atoms with Crippen molar-refractivity contribution in [1.29, 1.82) is 0 Å². The summed E-state index contributed by atoms with van der Waals surface area (Å²) in [5, 5.41) is 3.03. The van der Waals surface area contributed by atoms with Crippen LogP contribution in [0.2, 0.25) is 0 Å². The van der Waals surface area contributed by atoms with E-state index in [1.165, 1.54) is 18.6 Å². The molecule has 0 radical (unpaired) electrons. The highest BCUT2D eigenvalue weighted by molar-refractivity contribution is 7.89. The van der Waals surface area contributed by atoms with Crippen LogP contribution in [-0.2, 0) is 10.0 Å². The third kappa shape index (κ3) is 6.06. The van der Waals surface area contributed by atoms with Crippen molar-refractivity contribution in [3.8, 4) is 5.75 Å². The van der Waals surface area contributed by atoms with Gasteiger partial charge in [0.25, 0.3) is 5.91 Å². The molecule has 0 aliphatic carbocycles. The number of carbonyl (C=O) groups excluding carboxylic acids is 1. The van der Waals surface area contributed by atoms with Gasteiger partial charge in [-0.2, -0.15) is 0 Å². The molecule has 0 bridgehead atoms. The van der Waals surface area contributed by atoms with Gasteiger partial charge in [-0.15, -0.1) is 0 Å². The standard InChI is InChI=1S/C23H31N3O4S/c1-3-25-31(28,29)21-13-9-19(10-14-21)23(27)24-17-22(26-15-5-4-6-16-26)18-7-11-20(30-2)12-8-18/h7-14,22,25H,3-6,15-17H2,1-2H3,(H,24,27). The number of sulfonamides is 1. The molecule has 1 unspecified atom stereocenters. The Kier molecular flexibility index (Phi) is 8.06. The molecule has 7 nitrogen and oxygen atoms in total. The molecule has 0 aromatic heterocycles. The molecular weight excluding hydrogens is 414 g/mol. The van der Waals surface area contributed by atoms with Crippen molar-refractivity contribution in [2.24, 2.45) is 0 Å². The van der Waals surface area contributed by atoms with Gasteiger partial charge in [-0.05, 0) is 67.9 Å². The van der Waals surface area contributed by atoms with Gasteiger partial charge in [0.2, 0.25) is 10.0 Å². The van der Waals surface area contributed by atoms with Crippen molar-refractivity contribution in [1.82, 2.24) is 14.9 Å². The number of ether oxygens (including phenoxy) is 1. The Hall–Kier alpha value is -2.42. The zero-order valence-electron chi connectivity index (χ0n) is 18.1. The second-order valence-corrected chi connectivity index (χ2v) is 9.39. The molecule has 1 saturated heterocycles. The highest BCUT2D eigenvalue weighted by Gasteiger charge is 2.23. The number of nitrogens with zero attached hydrogens (tertiary/aromatic N) is 1.